The molecule has 0 aliphatic carbocycles. The second-order valence-electron chi connectivity index (χ2n) is 7.06. The molecule has 31 heavy (non-hydrogen) atoms. The lowest BCUT2D eigenvalue weighted by atomic mass is 10.0. The number of ether oxygens (including phenoxy) is 1. The highest BCUT2D eigenvalue weighted by molar-refractivity contribution is 5.96. The van der Waals surface area contributed by atoms with Crippen LogP contribution in [0.15, 0.2) is 109 Å². The lowest BCUT2D eigenvalue weighted by Crippen LogP contribution is -2.08. The van der Waals surface area contributed by atoms with Gasteiger partial charge in [-0.15, -0.1) is 0 Å². The van der Waals surface area contributed by atoms with Crippen LogP contribution < -0.4 is 4.74 Å². The van der Waals surface area contributed by atoms with E-state index in [4.69, 9.17) is 14.7 Å². The molecule has 0 aliphatic rings. The average Bonchev–Trinajstić information content (AvgIpc) is 2.84. The number of para-hydroxylation sites is 1. The highest BCUT2D eigenvalue weighted by Crippen LogP contribution is 2.31. The van der Waals surface area contributed by atoms with Crippen molar-refractivity contribution in [3.8, 4) is 28.3 Å². The first-order chi connectivity index (χ1) is 15.3. The molecule has 0 atom stereocenters. The molecule has 0 bridgehead atoms. The molecule has 5 aromatic rings. The van der Waals surface area contributed by atoms with Crippen molar-refractivity contribution < 1.29 is 9.53 Å². The minimum atomic E-state index is -0.428. The summed E-state index contributed by atoms with van der Waals surface area (Å²) in [5.74, 6) is 0.0754. The zero-order chi connectivity index (χ0) is 21.0. The molecule has 4 heteroatoms. The molecule has 0 saturated heterocycles. The first-order valence-electron chi connectivity index (χ1n) is 9.98. The Kier molecular flexibility index (Phi) is 4.95. The van der Waals surface area contributed by atoms with Gasteiger partial charge in [-0.05, 0) is 30.3 Å². The zero-order valence-electron chi connectivity index (χ0n) is 16.6. The predicted molar refractivity (Wildman–Crippen MR) is 122 cm³/mol. The van der Waals surface area contributed by atoms with Crippen molar-refractivity contribution in [1.82, 2.24) is 9.97 Å². The minimum absolute atomic E-state index is 0.428. The van der Waals surface area contributed by atoms with Gasteiger partial charge in [0.05, 0.1) is 28.0 Å². The van der Waals surface area contributed by atoms with Gasteiger partial charge in [0, 0.05) is 11.1 Å². The first-order valence-corrected chi connectivity index (χ1v) is 9.98. The number of rotatable bonds is 4. The van der Waals surface area contributed by atoms with E-state index in [9.17, 15) is 4.79 Å². The Bertz CT molecular complexity index is 1350. The van der Waals surface area contributed by atoms with Gasteiger partial charge in [-0.1, -0.05) is 78.9 Å². The molecular formula is C27H18N2O2. The summed E-state index contributed by atoms with van der Waals surface area (Å²) in [6.45, 7) is 0. The van der Waals surface area contributed by atoms with Gasteiger partial charge in [-0.3, -0.25) is 0 Å². The number of carbonyl (C=O) groups is 1. The number of esters is 1. The van der Waals surface area contributed by atoms with E-state index in [0.717, 1.165) is 28.0 Å². The van der Waals surface area contributed by atoms with Crippen LogP contribution in [0.25, 0.3) is 33.5 Å². The molecule has 4 aromatic carbocycles. The summed E-state index contributed by atoms with van der Waals surface area (Å²) in [5, 5.41) is 0. The molecule has 0 fully saturated rings. The second-order valence-corrected chi connectivity index (χ2v) is 7.06. The van der Waals surface area contributed by atoms with E-state index >= 15 is 0 Å². The third-order valence-corrected chi connectivity index (χ3v) is 4.95. The normalized spacial score (nSPS) is 10.7. The summed E-state index contributed by atoms with van der Waals surface area (Å²) < 4.78 is 5.47. The Morgan fingerprint density at radius 2 is 1.10 bits per heavy atom. The van der Waals surface area contributed by atoms with Gasteiger partial charge in [-0.2, -0.15) is 0 Å². The lowest BCUT2D eigenvalue weighted by molar-refractivity contribution is 0.0735. The summed E-state index contributed by atoms with van der Waals surface area (Å²) in [5.41, 5.74) is 5.32. The van der Waals surface area contributed by atoms with Crippen LogP contribution in [0.1, 0.15) is 10.4 Å². The number of aromatic nitrogens is 2. The fourth-order valence-corrected chi connectivity index (χ4v) is 3.43. The van der Waals surface area contributed by atoms with Gasteiger partial charge >= 0.3 is 5.97 Å². The zero-order valence-corrected chi connectivity index (χ0v) is 16.6. The first kappa shape index (κ1) is 18.7. The molecule has 0 radical (unpaired) electrons. The van der Waals surface area contributed by atoms with Crippen molar-refractivity contribution in [3.63, 3.8) is 0 Å². The highest BCUT2D eigenvalue weighted by atomic mass is 16.5. The highest BCUT2D eigenvalue weighted by Gasteiger charge is 2.15. The number of carbonyl (C=O) groups excluding carboxylic acids is 1. The predicted octanol–water partition coefficient (Wildman–Crippen LogP) is 6.18. The van der Waals surface area contributed by atoms with Crippen molar-refractivity contribution in [2.24, 2.45) is 0 Å². The van der Waals surface area contributed by atoms with E-state index in [0.29, 0.717) is 16.8 Å². The third-order valence-electron chi connectivity index (χ3n) is 4.95. The standard InChI is InChI=1S/C27H18N2O2/c30-27(31-22-14-8-3-9-15-22)21-16-17-23-24(18-21)29-26(20-12-6-2-7-13-20)25(28-23)19-10-4-1-5-11-19/h1-18H. The molecule has 0 saturated carbocycles. The SMILES string of the molecule is O=C(Oc1ccccc1)c1ccc2nc(-c3ccccc3)c(-c3ccccc3)nc2c1. The van der Waals surface area contributed by atoms with Gasteiger partial charge in [0.25, 0.3) is 0 Å². The monoisotopic (exact) mass is 402 g/mol. The van der Waals surface area contributed by atoms with Gasteiger partial charge in [0.1, 0.15) is 5.75 Å². The number of fused-ring (bicyclic) bond motifs is 1. The summed E-state index contributed by atoms with van der Waals surface area (Å²) in [6.07, 6.45) is 0. The van der Waals surface area contributed by atoms with E-state index in [1.807, 2.05) is 84.9 Å². The Morgan fingerprint density at radius 1 is 0.581 bits per heavy atom. The van der Waals surface area contributed by atoms with Gasteiger partial charge < -0.3 is 4.74 Å². The molecule has 0 spiro atoms. The molecular weight excluding hydrogens is 384 g/mol. The van der Waals surface area contributed by atoms with Crippen LogP contribution >= 0.6 is 0 Å². The molecule has 1 aromatic heterocycles. The Labute approximate surface area is 179 Å². The summed E-state index contributed by atoms with van der Waals surface area (Å²) in [6, 6.07) is 34.2. The molecule has 0 unspecified atom stereocenters. The number of nitrogens with zero attached hydrogens (tertiary/aromatic N) is 2. The Hall–Kier alpha value is -4.31. The van der Waals surface area contributed by atoms with Gasteiger partial charge in [0.2, 0.25) is 0 Å². The fraction of sp³-hybridized carbons (Fsp3) is 0. The Morgan fingerprint density at radius 3 is 1.68 bits per heavy atom. The third kappa shape index (κ3) is 3.91. The largest absolute Gasteiger partial charge is 0.423 e. The lowest BCUT2D eigenvalue weighted by Gasteiger charge is -2.11. The van der Waals surface area contributed by atoms with Crippen molar-refractivity contribution in [2.75, 3.05) is 0 Å². The van der Waals surface area contributed by atoms with E-state index in [2.05, 4.69) is 0 Å². The number of hydrogen-bond donors (Lipinski definition) is 0. The smallest absolute Gasteiger partial charge is 0.343 e. The summed E-state index contributed by atoms with van der Waals surface area (Å²) in [7, 11) is 0. The van der Waals surface area contributed by atoms with Crippen LogP contribution in [0.4, 0.5) is 0 Å². The van der Waals surface area contributed by atoms with Crippen LogP contribution in [0, 0.1) is 0 Å². The Balaban J connectivity index is 1.61. The van der Waals surface area contributed by atoms with Crippen LogP contribution in [0.3, 0.4) is 0 Å². The summed E-state index contributed by atoms with van der Waals surface area (Å²) in [4.78, 5) is 22.4. The fourth-order valence-electron chi connectivity index (χ4n) is 3.43. The van der Waals surface area contributed by atoms with Crippen LogP contribution in [0.5, 0.6) is 5.75 Å². The summed E-state index contributed by atoms with van der Waals surface area (Å²) >= 11 is 0. The van der Waals surface area contributed by atoms with Crippen molar-refractivity contribution >= 4 is 17.0 Å². The number of hydrogen-bond acceptors (Lipinski definition) is 4. The number of benzene rings is 4. The maximum Gasteiger partial charge on any atom is 0.343 e. The minimum Gasteiger partial charge on any atom is -0.423 e. The molecule has 0 aliphatic heterocycles. The van der Waals surface area contributed by atoms with E-state index in [-0.39, 0.29) is 0 Å². The average molecular weight is 402 g/mol. The second kappa shape index (κ2) is 8.20. The molecule has 4 nitrogen and oxygen atoms in total. The maximum atomic E-state index is 12.6. The van der Waals surface area contributed by atoms with E-state index in [1.54, 1.807) is 24.3 Å². The van der Waals surface area contributed by atoms with E-state index in [1.165, 1.54) is 0 Å². The van der Waals surface area contributed by atoms with Crippen molar-refractivity contribution in [3.05, 3.63) is 115 Å². The van der Waals surface area contributed by atoms with Crippen LogP contribution in [-0.4, -0.2) is 15.9 Å². The molecule has 1 heterocycles. The topological polar surface area (TPSA) is 52.1 Å². The van der Waals surface area contributed by atoms with Crippen molar-refractivity contribution in [2.45, 2.75) is 0 Å². The van der Waals surface area contributed by atoms with Gasteiger partial charge in [0.15, 0.2) is 0 Å². The molecule has 0 N–H and O–H groups in total. The van der Waals surface area contributed by atoms with Gasteiger partial charge in [-0.25, -0.2) is 14.8 Å². The quantitative estimate of drug-likeness (QED) is 0.266. The van der Waals surface area contributed by atoms with Crippen molar-refractivity contribution in [1.29, 1.82) is 0 Å². The molecule has 5 rings (SSSR count). The van der Waals surface area contributed by atoms with E-state index < -0.39 is 5.97 Å². The van der Waals surface area contributed by atoms with Crippen LogP contribution in [-0.2, 0) is 0 Å². The molecule has 0 amide bonds. The molecule has 148 valence electrons. The van der Waals surface area contributed by atoms with Crippen LogP contribution in [0.2, 0.25) is 0 Å². The maximum absolute atomic E-state index is 12.6.